The van der Waals surface area contributed by atoms with Crippen LogP contribution in [0, 0.1) is 0 Å². The molecule has 0 saturated carbocycles. The van der Waals surface area contributed by atoms with Gasteiger partial charge in [-0.3, -0.25) is 4.79 Å². The van der Waals surface area contributed by atoms with E-state index in [2.05, 4.69) is 20.9 Å². The van der Waals surface area contributed by atoms with Crippen LogP contribution >= 0.6 is 15.9 Å². The molecule has 0 saturated heterocycles. The fraction of sp³-hybridized carbons (Fsp3) is 0.0909. The fourth-order valence-corrected chi connectivity index (χ4v) is 1.57. The summed E-state index contributed by atoms with van der Waals surface area (Å²) >= 11 is 3.35. The molecule has 4 heteroatoms. The van der Waals surface area contributed by atoms with Crippen LogP contribution in [-0.2, 0) is 7.05 Å². The minimum Gasteiger partial charge on any atom is -0.315 e. The summed E-state index contributed by atoms with van der Waals surface area (Å²) in [6.45, 7) is 0. The van der Waals surface area contributed by atoms with Gasteiger partial charge in [0.25, 0.3) is 5.56 Å². The molecule has 3 nitrogen and oxygen atoms in total. The molecular formula is C11H9BrN2O. The van der Waals surface area contributed by atoms with Gasteiger partial charge in [-0.25, -0.2) is 4.98 Å². The van der Waals surface area contributed by atoms with Gasteiger partial charge in [0.05, 0.1) is 0 Å². The van der Waals surface area contributed by atoms with Crippen LogP contribution < -0.4 is 5.56 Å². The molecule has 0 bridgehead atoms. The first-order valence-electron chi connectivity index (χ1n) is 4.46. The number of nitrogens with zero attached hydrogens (tertiary/aromatic N) is 2. The average Bonchev–Trinajstić information content (AvgIpc) is 2.24. The Kier molecular flexibility index (Phi) is 2.68. The lowest BCUT2D eigenvalue weighted by Crippen LogP contribution is -2.18. The smallest absolute Gasteiger partial charge is 0.276 e. The molecule has 0 radical (unpaired) electrons. The highest BCUT2D eigenvalue weighted by Gasteiger charge is 2.04. The van der Waals surface area contributed by atoms with Crippen molar-refractivity contribution in [2.45, 2.75) is 0 Å². The summed E-state index contributed by atoms with van der Waals surface area (Å²) in [6.07, 6.45) is 3.27. The van der Waals surface area contributed by atoms with Crippen LogP contribution in [0.2, 0.25) is 0 Å². The van der Waals surface area contributed by atoms with Gasteiger partial charge in [-0.2, -0.15) is 0 Å². The first kappa shape index (κ1) is 10.1. The molecule has 0 spiro atoms. The molecule has 1 aromatic heterocycles. The summed E-state index contributed by atoms with van der Waals surface area (Å²) < 4.78 is 2.50. The van der Waals surface area contributed by atoms with Crippen molar-refractivity contribution in [2.24, 2.45) is 7.05 Å². The second kappa shape index (κ2) is 3.98. The van der Waals surface area contributed by atoms with Crippen LogP contribution in [-0.4, -0.2) is 9.55 Å². The number of benzene rings is 1. The lowest BCUT2D eigenvalue weighted by atomic mass is 10.1. The van der Waals surface area contributed by atoms with E-state index in [9.17, 15) is 4.79 Å². The molecular weight excluding hydrogens is 256 g/mol. The number of hydrogen-bond donors (Lipinski definition) is 0. The first-order valence-corrected chi connectivity index (χ1v) is 5.25. The Labute approximate surface area is 95.5 Å². The van der Waals surface area contributed by atoms with E-state index in [1.807, 2.05) is 24.3 Å². The van der Waals surface area contributed by atoms with E-state index < -0.39 is 0 Å². The van der Waals surface area contributed by atoms with Crippen LogP contribution in [0.3, 0.4) is 0 Å². The van der Waals surface area contributed by atoms with Crippen molar-refractivity contribution in [1.82, 2.24) is 9.55 Å². The molecule has 15 heavy (non-hydrogen) atoms. The second-order valence-corrected chi connectivity index (χ2v) is 4.11. The van der Waals surface area contributed by atoms with Crippen molar-refractivity contribution in [3.63, 3.8) is 0 Å². The van der Waals surface area contributed by atoms with E-state index in [4.69, 9.17) is 0 Å². The summed E-state index contributed by atoms with van der Waals surface area (Å²) in [5.41, 5.74) is 1.23. The minimum atomic E-state index is -0.0835. The van der Waals surface area contributed by atoms with Crippen LogP contribution in [0.5, 0.6) is 0 Å². The van der Waals surface area contributed by atoms with Gasteiger partial charge in [-0.1, -0.05) is 28.1 Å². The van der Waals surface area contributed by atoms with Crippen molar-refractivity contribution in [2.75, 3.05) is 0 Å². The third kappa shape index (κ3) is 1.99. The summed E-state index contributed by atoms with van der Waals surface area (Å²) in [6, 6.07) is 7.52. The molecule has 0 unspecified atom stereocenters. The van der Waals surface area contributed by atoms with E-state index in [-0.39, 0.29) is 5.56 Å². The molecule has 0 aliphatic heterocycles. The normalized spacial score (nSPS) is 10.3. The van der Waals surface area contributed by atoms with Crippen molar-refractivity contribution in [1.29, 1.82) is 0 Å². The van der Waals surface area contributed by atoms with Gasteiger partial charge in [0.1, 0.15) is 5.69 Å². The van der Waals surface area contributed by atoms with Gasteiger partial charge in [-0.05, 0) is 12.1 Å². The van der Waals surface area contributed by atoms with Gasteiger partial charge in [-0.15, -0.1) is 0 Å². The third-order valence-electron chi connectivity index (χ3n) is 2.13. The van der Waals surface area contributed by atoms with Crippen molar-refractivity contribution < 1.29 is 0 Å². The van der Waals surface area contributed by atoms with E-state index in [0.29, 0.717) is 5.69 Å². The van der Waals surface area contributed by atoms with E-state index >= 15 is 0 Å². The minimum absolute atomic E-state index is 0.0835. The topological polar surface area (TPSA) is 34.9 Å². The SMILES string of the molecule is Cn1ccnc(-c2ccc(Br)cc2)c1=O. The standard InChI is InChI=1S/C11H9BrN2O/c1-14-7-6-13-10(11(14)15)8-2-4-9(12)5-3-8/h2-7H,1H3. The molecule has 76 valence electrons. The lowest BCUT2D eigenvalue weighted by molar-refractivity contribution is 0.845. The van der Waals surface area contributed by atoms with E-state index in [1.165, 1.54) is 4.57 Å². The quantitative estimate of drug-likeness (QED) is 0.792. The zero-order valence-corrected chi connectivity index (χ0v) is 9.73. The Morgan fingerprint density at radius 1 is 1.27 bits per heavy atom. The number of rotatable bonds is 1. The maximum absolute atomic E-state index is 11.7. The molecule has 1 aromatic carbocycles. The predicted molar refractivity (Wildman–Crippen MR) is 62.6 cm³/mol. The Morgan fingerprint density at radius 3 is 2.60 bits per heavy atom. The molecule has 0 amide bonds. The van der Waals surface area contributed by atoms with Gasteiger partial charge < -0.3 is 4.57 Å². The Hall–Kier alpha value is -1.42. The van der Waals surface area contributed by atoms with E-state index in [0.717, 1.165) is 10.0 Å². The Balaban J connectivity index is 2.59. The van der Waals surface area contributed by atoms with Gasteiger partial charge in [0.2, 0.25) is 0 Å². The number of aryl methyl sites for hydroxylation is 1. The number of halogens is 1. The number of hydrogen-bond acceptors (Lipinski definition) is 2. The van der Waals surface area contributed by atoms with E-state index in [1.54, 1.807) is 19.4 Å². The van der Waals surface area contributed by atoms with Gasteiger partial charge >= 0.3 is 0 Å². The fourth-order valence-electron chi connectivity index (χ4n) is 1.30. The summed E-state index contributed by atoms with van der Waals surface area (Å²) in [4.78, 5) is 15.8. The monoisotopic (exact) mass is 264 g/mol. The molecule has 0 aliphatic carbocycles. The molecule has 0 aliphatic rings. The highest BCUT2D eigenvalue weighted by molar-refractivity contribution is 9.10. The summed E-state index contributed by atoms with van der Waals surface area (Å²) in [5, 5.41) is 0. The Morgan fingerprint density at radius 2 is 1.93 bits per heavy atom. The first-order chi connectivity index (χ1) is 7.18. The van der Waals surface area contributed by atoms with Crippen molar-refractivity contribution >= 4 is 15.9 Å². The number of aromatic nitrogens is 2. The largest absolute Gasteiger partial charge is 0.315 e. The lowest BCUT2D eigenvalue weighted by Gasteiger charge is -2.02. The van der Waals surface area contributed by atoms with Crippen LogP contribution in [0.4, 0.5) is 0 Å². The highest BCUT2D eigenvalue weighted by atomic mass is 79.9. The molecule has 2 rings (SSSR count). The molecule has 2 aromatic rings. The van der Waals surface area contributed by atoms with Crippen molar-refractivity contribution in [3.05, 3.63) is 51.5 Å². The highest BCUT2D eigenvalue weighted by Crippen LogP contribution is 2.16. The molecule has 0 fully saturated rings. The second-order valence-electron chi connectivity index (χ2n) is 3.20. The zero-order valence-electron chi connectivity index (χ0n) is 8.14. The summed E-state index contributed by atoms with van der Waals surface area (Å²) in [5.74, 6) is 0. The maximum Gasteiger partial charge on any atom is 0.276 e. The molecule has 0 atom stereocenters. The maximum atomic E-state index is 11.7. The molecule has 1 heterocycles. The van der Waals surface area contributed by atoms with Gasteiger partial charge in [0, 0.05) is 29.5 Å². The zero-order chi connectivity index (χ0) is 10.8. The molecule has 0 N–H and O–H groups in total. The van der Waals surface area contributed by atoms with Crippen LogP contribution in [0.25, 0.3) is 11.3 Å². The Bertz CT molecular complexity index is 531. The van der Waals surface area contributed by atoms with Crippen molar-refractivity contribution in [3.8, 4) is 11.3 Å². The summed E-state index contributed by atoms with van der Waals surface area (Å²) in [7, 11) is 1.71. The third-order valence-corrected chi connectivity index (χ3v) is 2.66. The predicted octanol–water partition coefficient (Wildman–Crippen LogP) is 2.21. The average molecular weight is 265 g/mol. The van der Waals surface area contributed by atoms with Crippen LogP contribution in [0.15, 0.2) is 45.9 Å². The van der Waals surface area contributed by atoms with Crippen LogP contribution in [0.1, 0.15) is 0 Å². The van der Waals surface area contributed by atoms with Gasteiger partial charge in [0.15, 0.2) is 0 Å².